The van der Waals surface area contributed by atoms with E-state index in [1.165, 1.54) is 0 Å². The number of halogens is 10. The molecule has 0 aliphatic rings. The standard InChI is InChI=1S/C2Cl4F6OS/c3-1(4,7)2(5,6)13-14(8,9,10,11)12. The van der Waals surface area contributed by atoms with E-state index < -0.39 is 19.6 Å². The molecule has 0 saturated carbocycles. The average Bonchev–Trinajstić information content (AvgIpc) is 1.46. The van der Waals surface area contributed by atoms with Crippen LogP contribution < -0.4 is 0 Å². The van der Waals surface area contributed by atoms with Gasteiger partial charge in [-0.2, -0.15) is 4.18 Å². The van der Waals surface area contributed by atoms with Crippen molar-refractivity contribution in [3.05, 3.63) is 0 Å². The molecule has 90 valence electrons. The maximum absolute atomic E-state index is 12.4. The first-order chi connectivity index (χ1) is 5.43. The monoisotopic (exact) mass is 326 g/mol. The summed E-state index contributed by atoms with van der Waals surface area (Å²) < 4.78 is 64.0. The van der Waals surface area contributed by atoms with Crippen LogP contribution in [0.5, 0.6) is 0 Å². The van der Waals surface area contributed by atoms with Gasteiger partial charge in [0.15, 0.2) is 0 Å². The Kier molecular flexibility index (Phi) is 3.05. The van der Waals surface area contributed by atoms with Gasteiger partial charge in [0.2, 0.25) is 0 Å². The van der Waals surface area contributed by atoms with Gasteiger partial charge < -0.3 is 0 Å². The molecule has 12 heteroatoms. The summed E-state index contributed by atoms with van der Waals surface area (Å²) in [6.07, 6.45) is 0. The van der Waals surface area contributed by atoms with Crippen LogP contribution in [0.1, 0.15) is 0 Å². The summed E-state index contributed by atoms with van der Waals surface area (Å²) in [6, 6.07) is 0. The van der Waals surface area contributed by atoms with E-state index in [1.807, 2.05) is 4.18 Å². The highest BCUT2D eigenvalue weighted by atomic mass is 35.5. The molecule has 0 aliphatic heterocycles. The summed E-state index contributed by atoms with van der Waals surface area (Å²) in [5, 5.41) is 0. The molecule has 0 saturated heterocycles. The Morgan fingerprint density at radius 1 is 0.857 bits per heavy atom. The van der Waals surface area contributed by atoms with E-state index in [9.17, 15) is 23.8 Å². The van der Waals surface area contributed by atoms with Crippen LogP contribution in [0.3, 0.4) is 0 Å². The highest BCUT2D eigenvalue weighted by Crippen LogP contribution is 3.00. The Balaban J connectivity index is 5.08. The highest BCUT2D eigenvalue weighted by molar-refractivity contribution is 8.42. The van der Waals surface area contributed by atoms with E-state index in [1.54, 1.807) is 0 Å². The molecule has 0 aliphatic carbocycles. The van der Waals surface area contributed by atoms with E-state index in [2.05, 4.69) is 46.4 Å². The van der Waals surface area contributed by atoms with Crippen LogP contribution in [0, 0.1) is 0 Å². The molecule has 0 atom stereocenters. The van der Waals surface area contributed by atoms with Crippen molar-refractivity contribution in [2.75, 3.05) is 0 Å². The predicted octanol–water partition coefficient (Wildman–Crippen LogP) is 5.45. The Labute approximate surface area is 94.1 Å². The fourth-order valence-corrected chi connectivity index (χ4v) is 1.64. The highest BCUT2D eigenvalue weighted by Gasteiger charge is 2.73. The van der Waals surface area contributed by atoms with E-state index in [4.69, 9.17) is 0 Å². The van der Waals surface area contributed by atoms with E-state index in [0.29, 0.717) is 0 Å². The third kappa shape index (κ3) is 5.82. The molecule has 0 spiro atoms. The lowest BCUT2D eigenvalue weighted by Crippen LogP contribution is -2.38. The third-order valence-electron chi connectivity index (χ3n) is 0.592. The van der Waals surface area contributed by atoms with Gasteiger partial charge in [-0.15, -0.1) is 0 Å². The van der Waals surface area contributed by atoms with Gasteiger partial charge in [0.25, 0.3) is 0 Å². The van der Waals surface area contributed by atoms with Gasteiger partial charge >= 0.3 is 19.6 Å². The molecular weight excluding hydrogens is 328 g/mol. The summed E-state index contributed by atoms with van der Waals surface area (Å²) in [5.41, 5.74) is 0. The van der Waals surface area contributed by atoms with Gasteiger partial charge in [0.05, 0.1) is 0 Å². The Morgan fingerprint density at radius 3 is 1.21 bits per heavy atom. The molecular formula is C2Cl4F6OS. The largest absolute Gasteiger partial charge is 0.400 e. The number of hydrogen-bond donors (Lipinski definition) is 0. The third-order valence-corrected chi connectivity index (χ3v) is 2.93. The normalized spacial score (nSPS) is 20.1. The molecule has 0 aromatic heterocycles. The second kappa shape index (κ2) is 2.84. The number of hydrogen-bond acceptors (Lipinski definition) is 1. The molecule has 0 N–H and O–H groups in total. The van der Waals surface area contributed by atoms with Crippen LogP contribution in [0.15, 0.2) is 0 Å². The molecule has 0 unspecified atom stereocenters. The summed E-state index contributed by atoms with van der Waals surface area (Å²) in [5.74, 6) is 0. The average molecular weight is 328 g/mol. The summed E-state index contributed by atoms with van der Waals surface area (Å²) in [4.78, 5) is 0. The van der Waals surface area contributed by atoms with Crippen molar-refractivity contribution in [3.8, 4) is 0 Å². The first-order valence-corrected chi connectivity index (χ1v) is 5.73. The van der Waals surface area contributed by atoms with Crippen LogP contribution in [-0.2, 0) is 4.18 Å². The lowest BCUT2D eigenvalue weighted by molar-refractivity contribution is 0.0760. The van der Waals surface area contributed by atoms with Gasteiger partial charge in [-0.25, -0.2) is 4.39 Å². The molecule has 0 aromatic rings. The smallest absolute Gasteiger partial charge is 0.202 e. The molecule has 0 amide bonds. The molecule has 0 heterocycles. The van der Waals surface area contributed by atoms with E-state index in [-0.39, 0.29) is 0 Å². The first kappa shape index (κ1) is 15.0. The summed E-state index contributed by atoms with van der Waals surface area (Å²) in [7, 11) is -10.5. The number of rotatable bonds is 3. The van der Waals surface area contributed by atoms with Crippen molar-refractivity contribution in [2.45, 2.75) is 9.11 Å². The van der Waals surface area contributed by atoms with Crippen molar-refractivity contribution >= 4 is 56.9 Å². The number of alkyl halides is 5. The first-order valence-electron chi connectivity index (χ1n) is 2.34. The lowest BCUT2D eigenvalue weighted by atomic mass is 10.8. The van der Waals surface area contributed by atoms with Crippen molar-refractivity contribution in [1.29, 1.82) is 0 Å². The van der Waals surface area contributed by atoms with Gasteiger partial charge in [0.1, 0.15) is 0 Å². The Hall–Kier alpha value is 1.05. The zero-order valence-electron chi connectivity index (χ0n) is 5.60. The van der Waals surface area contributed by atoms with Crippen LogP contribution in [-0.4, -0.2) is 9.11 Å². The minimum Gasteiger partial charge on any atom is -0.202 e. The quantitative estimate of drug-likeness (QED) is 0.495. The molecule has 14 heavy (non-hydrogen) atoms. The van der Waals surface area contributed by atoms with Gasteiger partial charge in [-0.3, -0.25) is 0 Å². The molecule has 0 fully saturated rings. The van der Waals surface area contributed by atoms with Crippen molar-refractivity contribution < 1.29 is 28.0 Å². The van der Waals surface area contributed by atoms with Crippen LogP contribution >= 0.6 is 56.9 Å². The second-order valence-electron chi connectivity index (χ2n) is 2.00. The van der Waals surface area contributed by atoms with Gasteiger partial charge in [0, 0.05) is 0 Å². The Morgan fingerprint density at radius 2 is 1.14 bits per heavy atom. The van der Waals surface area contributed by atoms with Crippen molar-refractivity contribution in [1.82, 2.24) is 0 Å². The van der Waals surface area contributed by atoms with Crippen molar-refractivity contribution in [3.63, 3.8) is 0 Å². The maximum atomic E-state index is 12.4. The zero-order valence-corrected chi connectivity index (χ0v) is 9.44. The maximum Gasteiger partial charge on any atom is 0.400 e. The summed E-state index contributed by atoms with van der Waals surface area (Å²) >= 11 is 17.5. The molecule has 0 aromatic carbocycles. The topological polar surface area (TPSA) is 9.23 Å². The van der Waals surface area contributed by atoms with E-state index >= 15 is 0 Å². The second-order valence-corrected chi connectivity index (χ2v) is 6.45. The van der Waals surface area contributed by atoms with Crippen LogP contribution in [0.4, 0.5) is 23.8 Å². The fraction of sp³-hybridized carbons (Fsp3) is 1.00. The zero-order chi connectivity index (χ0) is 12.1. The van der Waals surface area contributed by atoms with Gasteiger partial charge in [-0.05, 0) is 0 Å². The minimum absolute atomic E-state index is 2.04. The van der Waals surface area contributed by atoms with Gasteiger partial charge in [-0.1, -0.05) is 65.8 Å². The van der Waals surface area contributed by atoms with Crippen LogP contribution in [0.2, 0.25) is 0 Å². The minimum atomic E-state index is -10.5. The summed E-state index contributed by atoms with van der Waals surface area (Å²) in [6.45, 7) is 0. The predicted molar refractivity (Wildman–Crippen MR) is 44.2 cm³/mol. The molecule has 0 rings (SSSR count). The SMILES string of the molecule is FC(Cl)(Cl)C(Cl)(Cl)OS(F)(F)(F)(F)F. The van der Waals surface area contributed by atoms with E-state index in [0.717, 1.165) is 0 Å². The lowest BCUT2D eigenvalue weighted by Gasteiger charge is -2.43. The Bertz CT molecular complexity index is 239. The van der Waals surface area contributed by atoms with Crippen molar-refractivity contribution in [2.24, 2.45) is 0 Å². The van der Waals surface area contributed by atoms with Crippen LogP contribution in [0.25, 0.3) is 0 Å². The fourth-order valence-electron chi connectivity index (χ4n) is 0.245. The molecule has 1 nitrogen and oxygen atoms in total. The molecule has 0 bridgehead atoms. The molecule has 0 radical (unpaired) electrons.